The number of thioether (sulfide) groups is 1. The summed E-state index contributed by atoms with van der Waals surface area (Å²) in [5.74, 6) is -17.4. The molecule has 0 bridgehead atoms. The summed E-state index contributed by atoms with van der Waals surface area (Å²) in [4.78, 5) is 244. The highest BCUT2D eigenvalue weighted by atomic mass is 32.2. The molecule has 1 aromatic heterocycles. The summed E-state index contributed by atoms with van der Waals surface area (Å²) in [6.45, 7) is 6.19. The Kier molecular flexibility index (Phi) is 38.8. The monoisotopic (exact) mass is 1810 g/mol. The number of aliphatic carboxylic acids is 1. The van der Waals surface area contributed by atoms with Crippen LogP contribution in [0.25, 0.3) is 10.9 Å². The number of carbonyl (C=O) groups is 16. The predicted molar refractivity (Wildman–Crippen MR) is 487 cm³/mol. The summed E-state index contributed by atoms with van der Waals surface area (Å²) in [6, 6.07) is 27.8. The van der Waals surface area contributed by atoms with Crippen molar-refractivity contribution >= 4 is 117 Å². The van der Waals surface area contributed by atoms with Crippen LogP contribution in [0.3, 0.4) is 0 Å². The van der Waals surface area contributed by atoms with Crippen LogP contribution in [-0.4, -0.2) is 272 Å². The number of hydrogen-bond donors (Lipinski definition) is 14. The number of amides is 15. The Morgan fingerprint density at radius 3 is 1.48 bits per heavy atom. The lowest BCUT2D eigenvalue weighted by molar-refractivity contribution is -0.151. The molecule has 1 saturated heterocycles. The van der Waals surface area contributed by atoms with Gasteiger partial charge in [0.05, 0.1) is 31.8 Å². The highest BCUT2D eigenvalue weighted by Gasteiger charge is 2.42. The smallest absolute Gasteiger partial charge is 0.305 e. The third kappa shape index (κ3) is 30.8. The number of carbonyl (C=O) groups excluding carboxylic acids is 15. The van der Waals surface area contributed by atoms with Gasteiger partial charge in [0.15, 0.2) is 0 Å². The molecule has 1 aliphatic rings. The molecule has 36 heteroatoms. The normalized spacial score (nSPS) is 21.8. The number of nitrogens with one attached hydrogen (secondary N) is 10. The summed E-state index contributed by atoms with van der Waals surface area (Å²) in [5.41, 5.74) is 9.33. The summed E-state index contributed by atoms with van der Waals surface area (Å²) in [5, 5.41) is 55.7. The average Bonchev–Trinajstić information content (AvgIpc) is 1.61. The number of carboxylic acid groups (broad SMARTS) is 1. The van der Waals surface area contributed by atoms with Crippen LogP contribution in [0, 0.1) is 11.8 Å². The molecule has 7 aromatic rings. The van der Waals surface area contributed by atoms with Gasteiger partial charge in [-0.2, -0.15) is 0 Å². The Bertz CT molecular complexity index is 5090. The van der Waals surface area contributed by atoms with Crippen LogP contribution in [-0.2, 0) is 115 Å². The maximum atomic E-state index is 15.5. The van der Waals surface area contributed by atoms with Crippen molar-refractivity contribution in [1.29, 1.82) is 0 Å². The highest BCUT2D eigenvalue weighted by molar-refractivity contribution is 8.00. The maximum absolute atomic E-state index is 15.5. The van der Waals surface area contributed by atoms with Crippen molar-refractivity contribution in [1.82, 2.24) is 77.3 Å². The molecule has 696 valence electrons. The van der Waals surface area contributed by atoms with Crippen molar-refractivity contribution in [2.45, 2.75) is 178 Å². The second-order valence-corrected chi connectivity index (χ2v) is 34.4. The van der Waals surface area contributed by atoms with Crippen molar-refractivity contribution in [2.75, 3.05) is 66.4 Å². The number of primary amides is 1. The average molecular weight is 1810 g/mol. The lowest BCUT2D eigenvalue weighted by atomic mass is 9.98. The first-order valence-corrected chi connectivity index (χ1v) is 44.3. The fraction of sp³-hybridized carbons (Fsp3) is 0.426. The van der Waals surface area contributed by atoms with E-state index in [1.54, 1.807) is 137 Å². The van der Waals surface area contributed by atoms with Crippen LogP contribution in [0.15, 0.2) is 170 Å². The molecule has 0 saturated carbocycles. The number of aryl methyl sites for hydroxylation is 1. The third-order valence-corrected chi connectivity index (χ3v) is 23.4. The van der Waals surface area contributed by atoms with E-state index in [0.717, 1.165) is 32.0 Å². The van der Waals surface area contributed by atoms with Gasteiger partial charge in [0.1, 0.15) is 78.0 Å². The summed E-state index contributed by atoms with van der Waals surface area (Å²) >= 11 is 0.837. The highest BCUT2D eigenvalue weighted by Crippen LogP contribution is 2.25. The number of para-hydroxylation sites is 1. The molecule has 1 aliphatic heterocycles. The van der Waals surface area contributed by atoms with E-state index in [9.17, 15) is 53.7 Å². The lowest BCUT2D eigenvalue weighted by Gasteiger charge is -2.37. The molecule has 6 aromatic carbocycles. The first-order chi connectivity index (χ1) is 61.9. The second kappa shape index (κ2) is 49.6. The number of phenolic OH excluding ortho intramolecular Hbond substituents is 2. The van der Waals surface area contributed by atoms with Gasteiger partial charge in [0, 0.05) is 90.2 Å². The van der Waals surface area contributed by atoms with Crippen LogP contribution in [0.1, 0.15) is 107 Å². The van der Waals surface area contributed by atoms with Gasteiger partial charge in [-0.05, 0) is 101 Å². The van der Waals surface area contributed by atoms with Crippen molar-refractivity contribution in [2.24, 2.45) is 17.6 Å². The van der Waals surface area contributed by atoms with Crippen molar-refractivity contribution < 1.29 is 92.0 Å². The van der Waals surface area contributed by atoms with E-state index in [0.29, 0.717) is 51.6 Å². The van der Waals surface area contributed by atoms with E-state index in [1.807, 2.05) is 19.1 Å². The van der Waals surface area contributed by atoms with Crippen LogP contribution in [0.4, 0.5) is 0 Å². The molecular formula is C94H120N16O19S. The van der Waals surface area contributed by atoms with E-state index in [1.165, 1.54) is 93.6 Å². The van der Waals surface area contributed by atoms with Crippen LogP contribution >= 0.6 is 11.8 Å². The standard InChI is InChI=1S/C94H120N16O19S/c1-11-12-32-75-92(127)107(7)53-80(115)100-72(49-82(117)118)88(123)105-83(57(4)5)94(129)109(9)76(46-59-26-18-14-19-27-59)89(124)103-73(45-62-35-40-65(112)41-36-62)90(125)106(6)52-79(114)99-71(48-63-50-96-67-31-23-22-30-66(63)67)87(122)102-70(44-61-33-38-64(111)39-34-61)86(121)101-69(43-56(2)3)85(120)104-74(84(119)97-51-78(95)113)54-130-55-81(116)98-68(42-37-58-24-16-13-17-25-58)91(126)110(10)77(93(128)108(75)8)47-60-28-20-15-21-29-60/h13-31,33-36,38-41,50,56-57,68-77,83,96,111-112H,11-12,32,37,42-49,51-55H2,1-10H3,(H2,95,113)(H,97,119)(H,98,116)(H,99,114)(H,100,115)(H,101,121)(H,102,122)(H,103,124)(H,104,120)(H,105,123)(H,117,118). The zero-order valence-corrected chi connectivity index (χ0v) is 75.6. The first-order valence-electron chi connectivity index (χ1n) is 43.2. The molecule has 0 aliphatic carbocycles. The second-order valence-electron chi connectivity index (χ2n) is 33.4. The maximum Gasteiger partial charge on any atom is 0.305 e. The number of aromatic hydroxyl groups is 2. The molecule has 2 heterocycles. The number of hydrogen-bond acceptors (Lipinski definition) is 19. The summed E-state index contributed by atoms with van der Waals surface area (Å²) < 4.78 is 0. The molecule has 11 unspecified atom stereocenters. The largest absolute Gasteiger partial charge is 0.508 e. The number of benzene rings is 6. The Morgan fingerprint density at radius 2 is 0.931 bits per heavy atom. The zero-order valence-electron chi connectivity index (χ0n) is 74.8. The van der Waals surface area contributed by atoms with Gasteiger partial charge in [-0.3, -0.25) is 76.7 Å². The van der Waals surface area contributed by atoms with Gasteiger partial charge in [-0.1, -0.05) is 181 Å². The Hall–Kier alpha value is -13.7. The molecule has 15 N–H and O–H groups in total. The molecule has 11 atom stereocenters. The molecule has 0 radical (unpaired) electrons. The number of likely N-dealkylation sites (N-methyl/N-ethyl adjacent to an activating group) is 5. The minimum atomic E-state index is -1.91. The van der Waals surface area contributed by atoms with Crippen molar-refractivity contribution in [3.8, 4) is 11.5 Å². The number of carboxylic acids is 1. The van der Waals surface area contributed by atoms with E-state index in [2.05, 4.69) is 52.8 Å². The molecule has 1 fully saturated rings. The third-order valence-electron chi connectivity index (χ3n) is 22.3. The Morgan fingerprint density at radius 1 is 0.462 bits per heavy atom. The number of nitrogens with two attached hydrogens (primary N) is 1. The Balaban J connectivity index is 1.21. The van der Waals surface area contributed by atoms with Gasteiger partial charge in [0.25, 0.3) is 0 Å². The van der Waals surface area contributed by atoms with Gasteiger partial charge >= 0.3 is 5.97 Å². The van der Waals surface area contributed by atoms with Crippen molar-refractivity contribution in [3.63, 3.8) is 0 Å². The number of phenols is 2. The Labute approximate surface area is 759 Å². The summed E-state index contributed by atoms with van der Waals surface area (Å²) in [6.07, 6.45) is 0.438. The van der Waals surface area contributed by atoms with Crippen LogP contribution in [0.2, 0.25) is 0 Å². The SMILES string of the molecule is CCCCC1C(=O)N(C)CC(=O)NC(CC(=O)O)C(=O)NC(C(C)C)C(=O)N(C)C(Cc2ccccc2)C(=O)NC(Cc2ccc(O)cc2)C(=O)N(C)CC(=O)NC(Cc2c[nH]c3ccccc23)C(=O)NC(Cc2ccc(O)cc2)C(=O)NC(CC(C)C)C(=O)NC(C(=O)NCC(N)=O)CSCC(=O)NC(CCc2ccccc2)C(=O)N(C)C(Cc2ccccc2)C(=O)N1C. The minimum Gasteiger partial charge on any atom is -0.508 e. The summed E-state index contributed by atoms with van der Waals surface area (Å²) in [7, 11) is 6.56. The fourth-order valence-electron chi connectivity index (χ4n) is 15.1. The molecule has 0 spiro atoms. The number of nitrogens with zero attached hydrogens (tertiary/aromatic N) is 5. The van der Waals surface area contributed by atoms with Gasteiger partial charge in [-0.15, -0.1) is 11.8 Å². The minimum absolute atomic E-state index is 0.0278. The van der Waals surface area contributed by atoms with E-state index in [-0.39, 0.29) is 81.0 Å². The van der Waals surface area contributed by atoms with E-state index >= 15 is 38.4 Å². The quantitative estimate of drug-likeness (QED) is 0.0413. The number of fused-ring (bicyclic) bond motifs is 1. The number of rotatable bonds is 24. The lowest BCUT2D eigenvalue weighted by Crippen LogP contribution is -2.61. The topological polar surface area (TPSA) is 500 Å². The zero-order chi connectivity index (χ0) is 95.0. The number of unbranched alkanes of at least 4 members (excludes halogenated alkanes) is 1. The van der Waals surface area contributed by atoms with E-state index in [4.69, 9.17) is 5.73 Å². The number of aromatic amines is 1. The number of H-pyrrole nitrogens is 1. The predicted octanol–water partition coefficient (Wildman–Crippen LogP) is 2.72. The molecule has 15 amide bonds. The fourth-order valence-corrected chi connectivity index (χ4v) is 16.0. The van der Waals surface area contributed by atoms with Crippen LogP contribution < -0.4 is 53.6 Å². The molecule has 130 heavy (non-hydrogen) atoms. The van der Waals surface area contributed by atoms with E-state index < -0.39 is 199 Å². The first kappa shape index (κ1) is 102. The van der Waals surface area contributed by atoms with Crippen molar-refractivity contribution in [3.05, 3.63) is 203 Å². The van der Waals surface area contributed by atoms with Crippen LogP contribution in [0.5, 0.6) is 11.5 Å². The van der Waals surface area contributed by atoms with Gasteiger partial charge < -0.3 is 98.4 Å². The molecule has 8 rings (SSSR count). The molecule has 35 nitrogen and oxygen atoms in total. The van der Waals surface area contributed by atoms with Gasteiger partial charge in [0.2, 0.25) is 88.6 Å². The molecular weight excluding hydrogens is 1690 g/mol. The number of aromatic nitrogens is 1. The van der Waals surface area contributed by atoms with Gasteiger partial charge in [-0.25, -0.2) is 0 Å².